The van der Waals surface area contributed by atoms with E-state index in [9.17, 15) is 0 Å². The van der Waals surface area contributed by atoms with Crippen molar-refractivity contribution in [3.05, 3.63) is 34.9 Å². The van der Waals surface area contributed by atoms with Gasteiger partial charge in [-0.25, -0.2) is 5.43 Å². The Morgan fingerprint density at radius 3 is 2.64 bits per heavy atom. The van der Waals surface area contributed by atoms with Gasteiger partial charge in [-0.15, -0.1) is 0 Å². The van der Waals surface area contributed by atoms with Crippen molar-refractivity contribution in [1.82, 2.24) is 21.1 Å². The van der Waals surface area contributed by atoms with Crippen LogP contribution in [0.5, 0.6) is 0 Å². The van der Waals surface area contributed by atoms with E-state index in [1.165, 1.54) is 38.0 Å². The van der Waals surface area contributed by atoms with Crippen LogP contribution in [0, 0.1) is 5.92 Å². The van der Waals surface area contributed by atoms with E-state index in [0.717, 1.165) is 18.1 Å². The lowest BCUT2D eigenvalue weighted by Gasteiger charge is -2.32. The topological polar surface area (TPSA) is 39.3 Å². The lowest BCUT2D eigenvalue weighted by atomic mass is 9.94. The monoisotopic (exact) mass is 322 g/mol. The van der Waals surface area contributed by atoms with Gasteiger partial charge in [0.25, 0.3) is 0 Å². The lowest BCUT2D eigenvalue weighted by Crippen LogP contribution is -2.44. The second-order valence-electron chi connectivity index (χ2n) is 6.43. The summed E-state index contributed by atoms with van der Waals surface area (Å²) in [6, 6.07) is 9.23. The van der Waals surface area contributed by atoms with Crippen LogP contribution in [0.2, 0.25) is 5.02 Å². The van der Waals surface area contributed by atoms with Crippen molar-refractivity contribution in [2.45, 2.75) is 31.8 Å². The molecule has 3 rings (SSSR count). The van der Waals surface area contributed by atoms with Gasteiger partial charge in [0.2, 0.25) is 0 Å². The van der Waals surface area contributed by atoms with Crippen LogP contribution in [0.3, 0.4) is 0 Å². The minimum Gasteiger partial charge on any atom is -0.313 e. The Labute approximate surface area is 138 Å². The maximum atomic E-state index is 5.99. The SMILES string of the molecule is CCN1CCC(NCC2CNNC2c2ccc(Cl)cc2)CC1. The first kappa shape index (κ1) is 16.2. The third-order valence-electron chi connectivity index (χ3n) is 5.03. The van der Waals surface area contributed by atoms with E-state index in [1.807, 2.05) is 12.1 Å². The Bertz CT molecular complexity index is 456. The fraction of sp³-hybridized carbons (Fsp3) is 0.647. The molecule has 2 aliphatic rings. The zero-order valence-corrected chi connectivity index (χ0v) is 14.1. The average Bonchev–Trinajstić information content (AvgIpc) is 3.02. The largest absolute Gasteiger partial charge is 0.313 e. The van der Waals surface area contributed by atoms with Crippen molar-refractivity contribution < 1.29 is 0 Å². The summed E-state index contributed by atoms with van der Waals surface area (Å²) >= 11 is 5.99. The predicted molar refractivity (Wildman–Crippen MR) is 92.0 cm³/mol. The molecule has 1 aromatic carbocycles. The molecule has 2 atom stereocenters. The summed E-state index contributed by atoms with van der Waals surface area (Å²) in [6.07, 6.45) is 2.54. The van der Waals surface area contributed by atoms with Crippen LogP contribution in [0.1, 0.15) is 31.4 Å². The van der Waals surface area contributed by atoms with Gasteiger partial charge in [0.05, 0.1) is 6.04 Å². The van der Waals surface area contributed by atoms with Crippen molar-refractivity contribution >= 4 is 11.6 Å². The van der Waals surface area contributed by atoms with Gasteiger partial charge in [-0.05, 0) is 50.2 Å². The van der Waals surface area contributed by atoms with Gasteiger partial charge in [0, 0.05) is 30.1 Å². The van der Waals surface area contributed by atoms with Crippen molar-refractivity contribution in [1.29, 1.82) is 0 Å². The quantitative estimate of drug-likeness (QED) is 0.777. The van der Waals surface area contributed by atoms with Gasteiger partial charge in [-0.3, -0.25) is 5.43 Å². The Morgan fingerprint density at radius 2 is 1.95 bits per heavy atom. The van der Waals surface area contributed by atoms with E-state index in [-0.39, 0.29) is 0 Å². The van der Waals surface area contributed by atoms with Gasteiger partial charge in [-0.1, -0.05) is 30.7 Å². The minimum atomic E-state index is 0.362. The van der Waals surface area contributed by atoms with E-state index in [0.29, 0.717) is 18.0 Å². The molecule has 4 nitrogen and oxygen atoms in total. The summed E-state index contributed by atoms with van der Waals surface area (Å²) in [5.74, 6) is 0.574. The standard InChI is InChI=1S/C17H27ClN4/c1-2-22-9-7-16(8-10-22)19-11-14-12-20-21-17(14)13-3-5-15(18)6-4-13/h3-6,14,16-17,19-21H,2,7-12H2,1H3. The van der Waals surface area contributed by atoms with E-state index < -0.39 is 0 Å². The Hall–Kier alpha value is -0.650. The number of hydrazine groups is 1. The first-order valence-electron chi connectivity index (χ1n) is 8.46. The molecule has 5 heteroatoms. The molecule has 2 fully saturated rings. The predicted octanol–water partition coefficient (Wildman–Crippen LogP) is 2.18. The zero-order chi connectivity index (χ0) is 15.4. The molecule has 0 radical (unpaired) electrons. The van der Waals surface area contributed by atoms with Crippen LogP contribution in [0.25, 0.3) is 0 Å². The first-order chi connectivity index (χ1) is 10.8. The average molecular weight is 323 g/mol. The fourth-order valence-corrected chi connectivity index (χ4v) is 3.65. The molecule has 2 aliphatic heterocycles. The normalized spacial score (nSPS) is 27.4. The zero-order valence-electron chi connectivity index (χ0n) is 13.3. The van der Waals surface area contributed by atoms with Gasteiger partial charge in [0.1, 0.15) is 0 Å². The first-order valence-corrected chi connectivity index (χ1v) is 8.83. The third-order valence-corrected chi connectivity index (χ3v) is 5.28. The molecule has 122 valence electrons. The van der Waals surface area contributed by atoms with E-state index in [4.69, 9.17) is 11.6 Å². The maximum Gasteiger partial charge on any atom is 0.0515 e. The molecule has 0 aromatic heterocycles. The van der Waals surface area contributed by atoms with Gasteiger partial charge < -0.3 is 10.2 Å². The molecule has 0 bridgehead atoms. The molecule has 22 heavy (non-hydrogen) atoms. The number of nitrogens with zero attached hydrogens (tertiary/aromatic N) is 1. The highest BCUT2D eigenvalue weighted by atomic mass is 35.5. The van der Waals surface area contributed by atoms with Crippen molar-refractivity contribution in [2.24, 2.45) is 5.92 Å². The molecule has 0 spiro atoms. The molecule has 2 saturated heterocycles. The molecular weight excluding hydrogens is 296 g/mol. The molecule has 0 aliphatic carbocycles. The highest BCUT2D eigenvalue weighted by Gasteiger charge is 2.29. The van der Waals surface area contributed by atoms with Crippen LogP contribution in [0.4, 0.5) is 0 Å². The Morgan fingerprint density at radius 1 is 1.23 bits per heavy atom. The summed E-state index contributed by atoms with van der Waals surface area (Å²) in [6.45, 7) is 7.96. The van der Waals surface area contributed by atoms with E-state index in [1.54, 1.807) is 0 Å². The van der Waals surface area contributed by atoms with Crippen molar-refractivity contribution in [3.63, 3.8) is 0 Å². The molecule has 2 heterocycles. The van der Waals surface area contributed by atoms with Crippen LogP contribution >= 0.6 is 11.6 Å². The number of nitrogens with one attached hydrogen (secondary N) is 3. The van der Waals surface area contributed by atoms with E-state index in [2.05, 4.69) is 40.1 Å². The number of benzene rings is 1. The molecule has 0 amide bonds. The number of hydrogen-bond acceptors (Lipinski definition) is 4. The molecule has 2 unspecified atom stereocenters. The molecular formula is C17H27ClN4. The summed E-state index contributed by atoms with van der Waals surface area (Å²) < 4.78 is 0. The third kappa shape index (κ3) is 4.00. The van der Waals surface area contributed by atoms with Crippen LogP contribution in [-0.4, -0.2) is 43.7 Å². The summed E-state index contributed by atoms with van der Waals surface area (Å²) in [5.41, 5.74) is 8.02. The highest BCUT2D eigenvalue weighted by molar-refractivity contribution is 6.30. The molecule has 1 aromatic rings. The van der Waals surface area contributed by atoms with Crippen LogP contribution in [0.15, 0.2) is 24.3 Å². The fourth-order valence-electron chi connectivity index (χ4n) is 3.52. The van der Waals surface area contributed by atoms with Crippen molar-refractivity contribution in [2.75, 3.05) is 32.7 Å². The summed E-state index contributed by atoms with van der Waals surface area (Å²) in [7, 11) is 0. The highest BCUT2D eigenvalue weighted by Crippen LogP contribution is 2.26. The number of likely N-dealkylation sites (tertiary alicyclic amines) is 1. The van der Waals surface area contributed by atoms with E-state index >= 15 is 0 Å². The second kappa shape index (κ2) is 7.75. The van der Waals surface area contributed by atoms with Gasteiger partial charge in [0.15, 0.2) is 0 Å². The Kier molecular flexibility index (Phi) is 5.71. The number of piperidine rings is 1. The second-order valence-corrected chi connectivity index (χ2v) is 6.87. The molecule has 3 N–H and O–H groups in total. The number of halogens is 1. The Balaban J connectivity index is 1.50. The maximum absolute atomic E-state index is 5.99. The van der Waals surface area contributed by atoms with Gasteiger partial charge in [-0.2, -0.15) is 0 Å². The number of hydrogen-bond donors (Lipinski definition) is 3. The molecule has 0 saturated carbocycles. The van der Waals surface area contributed by atoms with Gasteiger partial charge >= 0.3 is 0 Å². The summed E-state index contributed by atoms with van der Waals surface area (Å²) in [5, 5.41) is 4.58. The minimum absolute atomic E-state index is 0.362. The van der Waals surface area contributed by atoms with Crippen molar-refractivity contribution in [3.8, 4) is 0 Å². The number of rotatable bonds is 5. The lowest BCUT2D eigenvalue weighted by molar-refractivity contribution is 0.202. The van der Waals surface area contributed by atoms with Crippen LogP contribution < -0.4 is 16.2 Å². The smallest absolute Gasteiger partial charge is 0.0515 e. The summed E-state index contributed by atoms with van der Waals surface area (Å²) in [4.78, 5) is 2.54. The van der Waals surface area contributed by atoms with Crippen LogP contribution in [-0.2, 0) is 0 Å².